The number of nitrogens with one attached hydrogen (secondary N) is 1. The molecular formula is C11H14N4OS. The molecule has 1 saturated heterocycles. The summed E-state index contributed by atoms with van der Waals surface area (Å²) in [6.07, 6.45) is 3.80. The van der Waals surface area contributed by atoms with E-state index in [-0.39, 0.29) is 5.56 Å². The van der Waals surface area contributed by atoms with E-state index in [1.54, 1.807) is 0 Å². The van der Waals surface area contributed by atoms with Crippen molar-refractivity contribution >= 4 is 26.8 Å². The second kappa shape index (κ2) is 4.10. The lowest BCUT2D eigenvalue weighted by Gasteiger charge is -2.29. The fourth-order valence-electron chi connectivity index (χ4n) is 2.09. The van der Waals surface area contributed by atoms with Crippen molar-refractivity contribution in [2.75, 3.05) is 18.0 Å². The van der Waals surface area contributed by atoms with Crippen molar-refractivity contribution < 1.29 is 0 Å². The van der Waals surface area contributed by atoms with Crippen molar-refractivity contribution in [3.8, 4) is 0 Å². The summed E-state index contributed by atoms with van der Waals surface area (Å²) in [5, 5.41) is 0.927. The molecule has 0 amide bonds. The number of H-pyrrole nitrogens is 1. The van der Waals surface area contributed by atoms with Crippen molar-refractivity contribution in [2.24, 2.45) is 5.92 Å². The second-order valence-corrected chi connectivity index (χ2v) is 5.53. The van der Waals surface area contributed by atoms with E-state index in [0.717, 1.165) is 24.1 Å². The minimum atomic E-state index is -0.0934. The lowest BCUT2D eigenvalue weighted by atomic mass is 10.00. The number of rotatable bonds is 1. The van der Waals surface area contributed by atoms with Crippen molar-refractivity contribution in [1.82, 2.24) is 15.0 Å². The van der Waals surface area contributed by atoms with Crippen LogP contribution in [0, 0.1) is 5.92 Å². The molecule has 17 heavy (non-hydrogen) atoms. The van der Waals surface area contributed by atoms with Gasteiger partial charge in [-0.3, -0.25) is 4.79 Å². The molecule has 1 N–H and O–H groups in total. The monoisotopic (exact) mass is 250 g/mol. The highest BCUT2D eigenvalue weighted by atomic mass is 32.1. The first kappa shape index (κ1) is 10.7. The van der Waals surface area contributed by atoms with E-state index in [1.165, 1.54) is 30.5 Å². The predicted octanol–water partition coefficient (Wildman–Crippen LogP) is 1.62. The van der Waals surface area contributed by atoms with Gasteiger partial charge < -0.3 is 9.88 Å². The first-order chi connectivity index (χ1) is 8.24. The van der Waals surface area contributed by atoms with Crippen molar-refractivity contribution in [3.63, 3.8) is 0 Å². The van der Waals surface area contributed by atoms with Crippen LogP contribution in [-0.2, 0) is 0 Å². The van der Waals surface area contributed by atoms with Crippen LogP contribution in [0.4, 0.5) is 5.13 Å². The van der Waals surface area contributed by atoms with Crippen LogP contribution >= 0.6 is 11.3 Å². The molecule has 5 nitrogen and oxygen atoms in total. The minimum Gasteiger partial charge on any atom is -0.348 e. The standard InChI is InChI=1S/C11H14N4OS/c1-7-2-4-15(5-3-7)11-14-9-8(17-11)10(16)13-6-12-9/h6-7H,2-5H2,1H3,(H,12,13,16). The number of fused-ring (bicyclic) bond motifs is 1. The molecule has 1 fully saturated rings. The largest absolute Gasteiger partial charge is 0.348 e. The Labute approximate surface area is 103 Å². The minimum absolute atomic E-state index is 0.0934. The van der Waals surface area contributed by atoms with Crippen LogP contribution in [0.25, 0.3) is 10.3 Å². The highest BCUT2D eigenvalue weighted by Gasteiger charge is 2.19. The van der Waals surface area contributed by atoms with Crippen LogP contribution in [0.1, 0.15) is 19.8 Å². The van der Waals surface area contributed by atoms with Crippen LogP contribution in [0.2, 0.25) is 0 Å². The zero-order valence-electron chi connectivity index (χ0n) is 9.64. The van der Waals surface area contributed by atoms with Gasteiger partial charge in [0.05, 0.1) is 6.33 Å². The van der Waals surface area contributed by atoms with Crippen LogP contribution < -0.4 is 10.5 Å². The number of thiazole rings is 1. The zero-order chi connectivity index (χ0) is 11.8. The number of piperidine rings is 1. The number of nitrogens with zero attached hydrogens (tertiary/aromatic N) is 3. The van der Waals surface area contributed by atoms with E-state index in [4.69, 9.17) is 0 Å². The number of aromatic amines is 1. The van der Waals surface area contributed by atoms with Gasteiger partial charge in [0, 0.05) is 13.1 Å². The summed E-state index contributed by atoms with van der Waals surface area (Å²) in [4.78, 5) is 24.9. The number of hydrogen-bond donors (Lipinski definition) is 1. The van der Waals surface area contributed by atoms with E-state index >= 15 is 0 Å². The molecular weight excluding hydrogens is 236 g/mol. The van der Waals surface area contributed by atoms with Crippen molar-refractivity contribution in [2.45, 2.75) is 19.8 Å². The molecule has 0 bridgehead atoms. The summed E-state index contributed by atoms with van der Waals surface area (Å²) in [7, 11) is 0. The van der Waals surface area contributed by atoms with Crippen LogP contribution in [0.15, 0.2) is 11.1 Å². The third-order valence-electron chi connectivity index (χ3n) is 3.24. The third-order valence-corrected chi connectivity index (χ3v) is 4.34. The molecule has 0 aliphatic carbocycles. The predicted molar refractivity (Wildman–Crippen MR) is 68.6 cm³/mol. The molecule has 0 spiro atoms. The smallest absolute Gasteiger partial charge is 0.270 e. The van der Waals surface area contributed by atoms with Gasteiger partial charge in [0.2, 0.25) is 0 Å². The quantitative estimate of drug-likeness (QED) is 0.835. The van der Waals surface area contributed by atoms with E-state index in [9.17, 15) is 4.79 Å². The Bertz CT molecular complexity index is 582. The lowest BCUT2D eigenvalue weighted by Crippen LogP contribution is -2.32. The molecule has 0 aromatic carbocycles. The fraction of sp³-hybridized carbons (Fsp3) is 0.545. The van der Waals surface area contributed by atoms with Gasteiger partial charge in [0.1, 0.15) is 4.70 Å². The Morgan fingerprint density at radius 1 is 1.47 bits per heavy atom. The molecule has 2 aromatic rings. The Balaban J connectivity index is 1.96. The maximum atomic E-state index is 11.6. The summed E-state index contributed by atoms with van der Waals surface area (Å²) in [5.41, 5.74) is 0.469. The van der Waals surface area contributed by atoms with Gasteiger partial charge in [-0.05, 0) is 18.8 Å². The van der Waals surface area contributed by atoms with Crippen molar-refractivity contribution in [1.29, 1.82) is 0 Å². The first-order valence-corrected chi connectivity index (χ1v) is 6.65. The van der Waals surface area contributed by atoms with Crippen LogP contribution in [-0.4, -0.2) is 28.0 Å². The van der Waals surface area contributed by atoms with Gasteiger partial charge >= 0.3 is 0 Å². The Hall–Kier alpha value is -1.43. The highest BCUT2D eigenvalue weighted by Crippen LogP contribution is 2.28. The zero-order valence-corrected chi connectivity index (χ0v) is 10.5. The van der Waals surface area contributed by atoms with E-state index in [1.807, 2.05) is 0 Å². The number of anilines is 1. The number of hydrogen-bond acceptors (Lipinski definition) is 5. The maximum absolute atomic E-state index is 11.6. The lowest BCUT2D eigenvalue weighted by molar-refractivity contribution is 0.438. The molecule has 0 unspecified atom stereocenters. The summed E-state index contributed by atoms with van der Waals surface area (Å²) in [6.45, 7) is 4.33. The summed E-state index contributed by atoms with van der Waals surface area (Å²) < 4.78 is 0.626. The van der Waals surface area contributed by atoms with E-state index in [2.05, 4.69) is 26.8 Å². The second-order valence-electron chi connectivity index (χ2n) is 4.55. The molecule has 0 radical (unpaired) electrons. The Kier molecular flexibility index (Phi) is 2.58. The average Bonchev–Trinajstić information content (AvgIpc) is 2.75. The average molecular weight is 250 g/mol. The van der Waals surface area contributed by atoms with Crippen molar-refractivity contribution in [3.05, 3.63) is 16.7 Å². The molecule has 1 aliphatic rings. The molecule has 2 aromatic heterocycles. The first-order valence-electron chi connectivity index (χ1n) is 5.83. The van der Waals surface area contributed by atoms with Gasteiger partial charge in [-0.2, -0.15) is 4.98 Å². The molecule has 0 atom stereocenters. The van der Waals surface area contributed by atoms with Crippen LogP contribution in [0.3, 0.4) is 0 Å². The summed E-state index contributed by atoms with van der Waals surface area (Å²) in [6, 6.07) is 0. The third kappa shape index (κ3) is 1.93. The van der Waals surface area contributed by atoms with Gasteiger partial charge in [-0.15, -0.1) is 0 Å². The van der Waals surface area contributed by atoms with E-state index < -0.39 is 0 Å². The fourth-order valence-corrected chi connectivity index (χ4v) is 3.06. The molecule has 1 aliphatic heterocycles. The Morgan fingerprint density at radius 2 is 2.24 bits per heavy atom. The maximum Gasteiger partial charge on any atom is 0.270 e. The van der Waals surface area contributed by atoms with Gasteiger partial charge in [-0.1, -0.05) is 18.3 Å². The molecule has 0 saturated carbocycles. The van der Waals surface area contributed by atoms with Gasteiger partial charge in [0.25, 0.3) is 5.56 Å². The summed E-state index contributed by atoms with van der Waals surface area (Å²) >= 11 is 1.44. The Morgan fingerprint density at radius 3 is 2.94 bits per heavy atom. The molecule has 3 rings (SSSR count). The number of aromatic nitrogens is 3. The highest BCUT2D eigenvalue weighted by molar-refractivity contribution is 7.22. The SMILES string of the molecule is CC1CCN(c2nc3nc[nH]c(=O)c3s2)CC1. The molecule has 3 heterocycles. The van der Waals surface area contributed by atoms with Gasteiger partial charge in [-0.25, -0.2) is 4.98 Å². The van der Waals surface area contributed by atoms with E-state index in [0.29, 0.717) is 10.3 Å². The molecule has 90 valence electrons. The van der Waals surface area contributed by atoms with Crippen LogP contribution in [0.5, 0.6) is 0 Å². The summed E-state index contributed by atoms with van der Waals surface area (Å²) in [5.74, 6) is 0.794. The van der Waals surface area contributed by atoms with Gasteiger partial charge in [0.15, 0.2) is 10.8 Å². The topological polar surface area (TPSA) is 61.9 Å². The molecule has 6 heteroatoms. The normalized spacial score (nSPS) is 17.8.